The maximum Gasteiger partial charge on any atom is 0.249 e. The summed E-state index contributed by atoms with van der Waals surface area (Å²) in [7, 11) is 0. The molecule has 1 aliphatic carbocycles. The molecule has 1 saturated carbocycles. The van der Waals surface area contributed by atoms with Crippen molar-refractivity contribution in [3.8, 4) is 0 Å². The zero-order valence-corrected chi connectivity index (χ0v) is 11.4. The van der Waals surface area contributed by atoms with Gasteiger partial charge in [0, 0.05) is 6.04 Å². The molecule has 3 atom stereocenters. The second-order valence-electron chi connectivity index (χ2n) is 4.99. The van der Waals surface area contributed by atoms with Gasteiger partial charge in [-0.3, -0.25) is 4.79 Å². The molecule has 4 heteroatoms. The van der Waals surface area contributed by atoms with E-state index in [1.54, 1.807) is 13.0 Å². The molecule has 0 bridgehead atoms. The number of hydrogen-bond donors (Lipinski definition) is 2. The van der Waals surface area contributed by atoms with E-state index in [-0.39, 0.29) is 11.9 Å². The van der Waals surface area contributed by atoms with Gasteiger partial charge in [0.05, 0.1) is 6.61 Å². The highest BCUT2D eigenvalue weighted by atomic mass is 16.5. The Morgan fingerprint density at radius 2 is 2.28 bits per heavy atom. The van der Waals surface area contributed by atoms with Crippen LogP contribution in [-0.2, 0) is 9.53 Å². The summed E-state index contributed by atoms with van der Waals surface area (Å²) in [5, 5.41) is 3.08. The maximum absolute atomic E-state index is 12.0. The van der Waals surface area contributed by atoms with Crippen LogP contribution in [0.25, 0.3) is 0 Å². The van der Waals surface area contributed by atoms with Crippen LogP contribution in [-0.4, -0.2) is 31.2 Å². The van der Waals surface area contributed by atoms with Crippen molar-refractivity contribution in [3.05, 3.63) is 12.7 Å². The Morgan fingerprint density at radius 3 is 2.94 bits per heavy atom. The molecular weight excluding hydrogens is 228 g/mol. The molecule has 0 aromatic heterocycles. The Balaban J connectivity index is 2.34. The summed E-state index contributed by atoms with van der Waals surface area (Å²) in [5.41, 5.74) is 5.75. The number of ether oxygens (including phenoxy) is 1. The summed E-state index contributed by atoms with van der Waals surface area (Å²) in [6.07, 6.45) is 6.71. The number of hydrogen-bond acceptors (Lipinski definition) is 3. The Labute approximate surface area is 110 Å². The third-order valence-corrected chi connectivity index (χ3v) is 3.60. The van der Waals surface area contributed by atoms with Gasteiger partial charge in [-0.2, -0.15) is 0 Å². The van der Waals surface area contributed by atoms with Crippen LogP contribution in [0.2, 0.25) is 0 Å². The molecule has 0 saturated heterocycles. The van der Waals surface area contributed by atoms with Crippen molar-refractivity contribution in [1.82, 2.24) is 5.32 Å². The quantitative estimate of drug-likeness (QED) is 0.536. The molecule has 3 unspecified atom stereocenters. The number of carbonyl (C=O) groups excluding carboxylic acids is 1. The van der Waals surface area contributed by atoms with Crippen LogP contribution in [0.1, 0.15) is 39.0 Å². The van der Waals surface area contributed by atoms with Gasteiger partial charge in [-0.1, -0.05) is 18.9 Å². The average Bonchev–Trinajstić information content (AvgIpc) is 2.39. The standard InChI is InChI=1S/C14H26N2O2/c1-3-4-9-18-11(2)14(17)16-13-8-6-5-7-12(13)10-15/h3,11-13H,1,4-10,15H2,2H3,(H,16,17). The number of nitrogens with one attached hydrogen (secondary N) is 1. The molecule has 0 aromatic rings. The van der Waals surface area contributed by atoms with E-state index in [1.807, 2.05) is 0 Å². The summed E-state index contributed by atoms with van der Waals surface area (Å²) in [6, 6.07) is 0.224. The van der Waals surface area contributed by atoms with Gasteiger partial charge in [0.1, 0.15) is 6.10 Å². The first-order valence-electron chi connectivity index (χ1n) is 6.92. The van der Waals surface area contributed by atoms with Gasteiger partial charge >= 0.3 is 0 Å². The van der Waals surface area contributed by atoms with Crippen LogP contribution < -0.4 is 11.1 Å². The Bertz CT molecular complexity index is 269. The zero-order chi connectivity index (χ0) is 13.4. The van der Waals surface area contributed by atoms with E-state index in [1.165, 1.54) is 12.8 Å². The smallest absolute Gasteiger partial charge is 0.249 e. The first-order chi connectivity index (χ1) is 8.69. The highest BCUT2D eigenvalue weighted by Gasteiger charge is 2.26. The average molecular weight is 254 g/mol. The number of nitrogens with two attached hydrogens (primary N) is 1. The van der Waals surface area contributed by atoms with Gasteiger partial charge in [0.15, 0.2) is 0 Å². The molecule has 0 spiro atoms. The summed E-state index contributed by atoms with van der Waals surface area (Å²) < 4.78 is 5.44. The van der Waals surface area contributed by atoms with Crippen LogP contribution in [0.5, 0.6) is 0 Å². The lowest BCUT2D eigenvalue weighted by atomic mass is 9.84. The van der Waals surface area contributed by atoms with E-state index >= 15 is 0 Å². The first kappa shape index (κ1) is 15.2. The molecule has 0 aromatic carbocycles. The molecule has 3 N–H and O–H groups in total. The number of carbonyl (C=O) groups is 1. The Hall–Kier alpha value is -0.870. The molecule has 18 heavy (non-hydrogen) atoms. The molecule has 4 nitrogen and oxygen atoms in total. The predicted octanol–water partition coefficient (Wildman–Crippen LogP) is 1.60. The minimum Gasteiger partial charge on any atom is -0.368 e. The van der Waals surface area contributed by atoms with Gasteiger partial charge in [0.2, 0.25) is 5.91 Å². The summed E-state index contributed by atoms with van der Waals surface area (Å²) >= 11 is 0. The van der Waals surface area contributed by atoms with Crippen LogP contribution in [0.15, 0.2) is 12.7 Å². The fourth-order valence-electron chi connectivity index (χ4n) is 2.38. The number of amides is 1. The van der Waals surface area contributed by atoms with Gasteiger partial charge in [-0.25, -0.2) is 0 Å². The van der Waals surface area contributed by atoms with E-state index in [4.69, 9.17) is 10.5 Å². The fraction of sp³-hybridized carbons (Fsp3) is 0.786. The normalized spacial score (nSPS) is 25.4. The molecule has 0 aliphatic heterocycles. The molecule has 1 rings (SSSR count). The van der Waals surface area contributed by atoms with E-state index in [0.29, 0.717) is 19.1 Å². The minimum absolute atomic E-state index is 0.0237. The third kappa shape index (κ3) is 4.78. The van der Waals surface area contributed by atoms with Crippen molar-refractivity contribution in [1.29, 1.82) is 0 Å². The predicted molar refractivity (Wildman–Crippen MR) is 73.2 cm³/mol. The molecule has 104 valence electrons. The van der Waals surface area contributed by atoms with Crippen LogP contribution >= 0.6 is 0 Å². The third-order valence-electron chi connectivity index (χ3n) is 3.60. The van der Waals surface area contributed by atoms with Crippen LogP contribution in [0.4, 0.5) is 0 Å². The van der Waals surface area contributed by atoms with Crippen molar-refractivity contribution in [3.63, 3.8) is 0 Å². The first-order valence-corrected chi connectivity index (χ1v) is 6.92. The second-order valence-corrected chi connectivity index (χ2v) is 4.99. The van der Waals surface area contributed by atoms with Gasteiger partial charge in [-0.05, 0) is 38.6 Å². The van der Waals surface area contributed by atoms with Gasteiger partial charge in [-0.15, -0.1) is 6.58 Å². The summed E-state index contributed by atoms with van der Waals surface area (Å²) in [4.78, 5) is 12.0. The Morgan fingerprint density at radius 1 is 1.56 bits per heavy atom. The highest BCUT2D eigenvalue weighted by molar-refractivity contribution is 5.80. The molecule has 1 aliphatic rings. The summed E-state index contributed by atoms with van der Waals surface area (Å²) in [5.74, 6) is 0.396. The van der Waals surface area contributed by atoms with E-state index in [2.05, 4.69) is 11.9 Å². The molecule has 1 fully saturated rings. The largest absolute Gasteiger partial charge is 0.368 e. The van der Waals surface area contributed by atoms with Crippen molar-refractivity contribution >= 4 is 5.91 Å². The number of rotatable bonds is 7. The van der Waals surface area contributed by atoms with Crippen molar-refractivity contribution in [2.24, 2.45) is 11.7 Å². The lowest BCUT2D eigenvalue weighted by Crippen LogP contribution is -2.48. The SMILES string of the molecule is C=CCCOC(C)C(=O)NC1CCCCC1CN. The maximum atomic E-state index is 12.0. The van der Waals surface area contributed by atoms with Gasteiger partial charge < -0.3 is 15.8 Å². The van der Waals surface area contributed by atoms with Crippen molar-refractivity contribution in [2.45, 2.75) is 51.2 Å². The topological polar surface area (TPSA) is 64.3 Å². The lowest BCUT2D eigenvalue weighted by Gasteiger charge is -2.32. The van der Waals surface area contributed by atoms with E-state index in [9.17, 15) is 4.79 Å². The zero-order valence-electron chi connectivity index (χ0n) is 11.4. The fourth-order valence-corrected chi connectivity index (χ4v) is 2.38. The summed E-state index contributed by atoms with van der Waals surface area (Å²) in [6.45, 7) is 6.61. The molecular formula is C14H26N2O2. The van der Waals surface area contributed by atoms with Crippen molar-refractivity contribution in [2.75, 3.05) is 13.2 Å². The van der Waals surface area contributed by atoms with E-state index < -0.39 is 6.10 Å². The molecule has 0 radical (unpaired) electrons. The minimum atomic E-state index is -0.398. The monoisotopic (exact) mass is 254 g/mol. The highest BCUT2D eigenvalue weighted by Crippen LogP contribution is 2.23. The second kappa shape index (κ2) is 8.27. The van der Waals surface area contributed by atoms with Crippen LogP contribution in [0.3, 0.4) is 0 Å². The van der Waals surface area contributed by atoms with Crippen molar-refractivity contribution < 1.29 is 9.53 Å². The van der Waals surface area contributed by atoms with Crippen LogP contribution in [0, 0.1) is 5.92 Å². The van der Waals surface area contributed by atoms with Gasteiger partial charge in [0.25, 0.3) is 0 Å². The van der Waals surface area contributed by atoms with E-state index in [0.717, 1.165) is 19.3 Å². The lowest BCUT2D eigenvalue weighted by molar-refractivity contribution is -0.133. The Kier molecular flexibility index (Phi) is 6.98. The molecule has 0 heterocycles. The molecule has 1 amide bonds.